The number of benzene rings is 13. The molecular weight excluding hydrogens is 953 g/mol. The van der Waals surface area contributed by atoms with Gasteiger partial charge < -0.3 is 9.47 Å². The quantitative estimate of drug-likeness (QED) is 0.133. The van der Waals surface area contributed by atoms with Crippen LogP contribution < -0.4 is 4.90 Å². The van der Waals surface area contributed by atoms with E-state index >= 15 is 0 Å². The molecule has 2 heteroatoms. The maximum Gasteiger partial charge on any atom is 0.0713 e. The first-order valence-corrected chi connectivity index (χ1v) is 27.3. The van der Waals surface area contributed by atoms with Gasteiger partial charge in [-0.25, -0.2) is 0 Å². The first-order chi connectivity index (χ1) is 39.2. The summed E-state index contributed by atoms with van der Waals surface area (Å²) in [4.78, 5) is 2.50. The monoisotopic (exact) mass is 1000 g/mol. The van der Waals surface area contributed by atoms with Gasteiger partial charge >= 0.3 is 0 Å². The van der Waals surface area contributed by atoms with Gasteiger partial charge in [-0.05, 0) is 121 Å². The van der Waals surface area contributed by atoms with Crippen molar-refractivity contribution in [3.8, 4) is 61.3 Å². The lowest BCUT2D eigenvalue weighted by Gasteiger charge is -2.34. The van der Waals surface area contributed by atoms with Crippen LogP contribution in [0.5, 0.6) is 0 Å². The fourth-order valence-corrected chi connectivity index (χ4v) is 13.1. The summed E-state index contributed by atoms with van der Waals surface area (Å²) in [6.07, 6.45) is 0. The fraction of sp³-hybridized carbons (Fsp3) is 0.0130. The minimum Gasteiger partial charge on any atom is -0.309 e. The molecule has 1 heterocycles. The molecule has 79 heavy (non-hydrogen) atoms. The summed E-state index contributed by atoms with van der Waals surface area (Å²) in [6.45, 7) is 0. The zero-order chi connectivity index (χ0) is 52.3. The minimum absolute atomic E-state index is 0.540. The number of para-hydroxylation sites is 5. The highest BCUT2D eigenvalue weighted by Crippen LogP contribution is 2.57. The van der Waals surface area contributed by atoms with Gasteiger partial charge in [-0.1, -0.05) is 267 Å². The Balaban J connectivity index is 0.961. The Kier molecular flexibility index (Phi) is 11.1. The number of anilines is 3. The first kappa shape index (κ1) is 46.1. The van der Waals surface area contributed by atoms with Crippen LogP contribution in [0.1, 0.15) is 22.3 Å². The van der Waals surface area contributed by atoms with Crippen molar-refractivity contribution in [3.05, 3.63) is 338 Å². The van der Waals surface area contributed by atoms with Crippen molar-refractivity contribution >= 4 is 49.6 Å². The summed E-state index contributed by atoms with van der Waals surface area (Å²) in [6, 6.07) is 116. The number of rotatable bonds is 10. The highest BCUT2D eigenvalue weighted by atomic mass is 15.1. The smallest absolute Gasteiger partial charge is 0.0713 e. The van der Waals surface area contributed by atoms with E-state index in [0.29, 0.717) is 0 Å². The Hall–Kier alpha value is -10.3. The van der Waals surface area contributed by atoms with Crippen molar-refractivity contribution in [1.29, 1.82) is 0 Å². The van der Waals surface area contributed by atoms with Crippen molar-refractivity contribution in [2.24, 2.45) is 0 Å². The maximum absolute atomic E-state index is 2.50. The summed E-state index contributed by atoms with van der Waals surface area (Å²) >= 11 is 0. The molecule has 0 aliphatic heterocycles. The summed E-state index contributed by atoms with van der Waals surface area (Å²) in [5.41, 5.74) is 23.1. The average Bonchev–Trinajstić information content (AvgIpc) is 3.61. The van der Waals surface area contributed by atoms with Crippen LogP contribution in [-0.2, 0) is 5.41 Å². The Morgan fingerprint density at radius 1 is 0.291 bits per heavy atom. The van der Waals surface area contributed by atoms with Crippen LogP contribution in [-0.4, -0.2) is 4.57 Å². The molecule has 370 valence electrons. The van der Waals surface area contributed by atoms with E-state index in [9.17, 15) is 0 Å². The lowest BCUT2D eigenvalue weighted by atomic mass is 9.67. The van der Waals surface area contributed by atoms with Gasteiger partial charge in [0.25, 0.3) is 0 Å². The number of fused-ring (bicyclic) bond motifs is 7. The third-order valence-corrected chi connectivity index (χ3v) is 16.5. The van der Waals surface area contributed by atoms with Crippen LogP contribution in [0.15, 0.2) is 315 Å². The van der Waals surface area contributed by atoms with Crippen LogP contribution in [0.3, 0.4) is 0 Å². The van der Waals surface area contributed by atoms with Gasteiger partial charge in [-0.2, -0.15) is 0 Å². The lowest BCUT2D eigenvalue weighted by molar-refractivity contribution is 0.769. The molecule has 1 aromatic heterocycles. The Morgan fingerprint density at radius 3 is 1.51 bits per heavy atom. The molecule has 1 aliphatic rings. The summed E-state index contributed by atoms with van der Waals surface area (Å²) in [7, 11) is 0. The maximum atomic E-state index is 2.50. The number of hydrogen-bond acceptors (Lipinski definition) is 1. The molecule has 14 aromatic rings. The third-order valence-electron chi connectivity index (χ3n) is 16.5. The number of nitrogens with zero attached hydrogens (tertiary/aromatic N) is 2. The summed E-state index contributed by atoms with van der Waals surface area (Å²) < 4.78 is 2.43. The molecule has 13 aromatic carbocycles. The topological polar surface area (TPSA) is 8.17 Å². The molecule has 0 unspecified atom stereocenters. The molecule has 0 N–H and O–H groups in total. The molecule has 0 bridgehead atoms. The summed E-state index contributed by atoms with van der Waals surface area (Å²) in [5, 5.41) is 4.90. The Morgan fingerprint density at radius 2 is 0.785 bits per heavy atom. The van der Waals surface area contributed by atoms with Crippen molar-refractivity contribution in [2.75, 3.05) is 4.90 Å². The molecule has 0 fully saturated rings. The molecule has 15 rings (SSSR count). The first-order valence-electron chi connectivity index (χ1n) is 27.3. The standard InChI is InChI=1S/C77H52N2/c1-5-24-53(25-6-1)62-38-21-26-55-27-22-40-68(75(55)62)66-36-15-19-44-73(66)78(60-49-46-54(47-50-60)63-39-23-41-69-67-37-16-20-45-74(67)79(76(63)69)59-32-11-4-12-33-59)72-43-18-14-34-61(72)56-48-51-65-64-35-13-17-42-70(64)77(71(65)52-56,57-28-7-2-8-29-57)58-30-9-3-10-31-58/h1-52H. The normalized spacial score (nSPS) is 12.4. The predicted octanol–water partition coefficient (Wildman–Crippen LogP) is 20.4. The van der Waals surface area contributed by atoms with Crippen LogP contribution >= 0.6 is 0 Å². The van der Waals surface area contributed by atoms with Gasteiger partial charge in [0.2, 0.25) is 0 Å². The highest BCUT2D eigenvalue weighted by Gasteiger charge is 2.46. The molecule has 0 atom stereocenters. The molecule has 0 spiro atoms. The number of aromatic nitrogens is 1. The van der Waals surface area contributed by atoms with Crippen LogP contribution in [0, 0.1) is 0 Å². The lowest BCUT2D eigenvalue weighted by Crippen LogP contribution is -2.28. The predicted molar refractivity (Wildman–Crippen MR) is 332 cm³/mol. The minimum atomic E-state index is -0.540. The van der Waals surface area contributed by atoms with E-state index in [4.69, 9.17) is 0 Å². The van der Waals surface area contributed by atoms with E-state index in [1.165, 1.54) is 88.2 Å². The Labute approximate surface area is 461 Å². The zero-order valence-electron chi connectivity index (χ0n) is 43.4. The molecular formula is C77H52N2. The van der Waals surface area contributed by atoms with E-state index in [1.807, 2.05) is 0 Å². The van der Waals surface area contributed by atoms with Crippen molar-refractivity contribution in [1.82, 2.24) is 4.57 Å². The van der Waals surface area contributed by atoms with Gasteiger partial charge in [-0.3, -0.25) is 0 Å². The molecule has 2 nitrogen and oxygen atoms in total. The average molecular weight is 1010 g/mol. The zero-order valence-corrected chi connectivity index (χ0v) is 43.4. The Bertz CT molecular complexity index is 4530. The van der Waals surface area contributed by atoms with E-state index < -0.39 is 5.41 Å². The van der Waals surface area contributed by atoms with Crippen molar-refractivity contribution in [3.63, 3.8) is 0 Å². The molecule has 0 saturated heterocycles. The van der Waals surface area contributed by atoms with E-state index in [1.54, 1.807) is 0 Å². The number of hydrogen-bond donors (Lipinski definition) is 0. The largest absolute Gasteiger partial charge is 0.309 e. The fourth-order valence-electron chi connectivity index (χ4n) is 13.1. The van der Waals surface area contributed by atoms with Crippen LogP contribution in [0.4, 0.5) is 17.1 Å². The summed E-state index contributed by atoms with van der Waals surface area (Å²) in [5.74, 6) is 0. The van der Waals surface area contributed by atoms with Gasteiger partial charge in [0.05, 0.1) is 27.8 Å². The van der Waals surface area contributed by atoms with Crippen molar-refractivity contribution < 1.29 is 0 Å². The molecule has 0 radical (unpaired) electrons. The van der Waals surface area contributed by atoms with Crippen molar-refractivity contribution in [2.45, 2.75) is 5.41 Å². The molecule has 0 amide bonds. The molecule has 1 aliphatic carbocycles. The molecule has 0 saturated carbocycles. The second-order valence-corrected chi connectivity index (χ2v) is 20.7. The van der Waals surface area contributed by atoms with Gasteiger partial charge in [0.15, 0.2) is 0 Å². The second-order valence-electron chi connectivity index (χ2n) is 20.7. The third kappa shape index (κ3) is 7.41. The highest BCUT2D eigenvalue weighted by molar-refractivity contribution is 6.14. The second kappa shape index (κ2) is 19.1. The van der Waals surface area contributed by atoms with Crippen LogP contribution in [0.2, 0.25) is 0 Å². The SMILES string of the molecule is c1ccc(-c2cccc3cccc(-c4ccccc4N(c4ccc(-c5cccc6c7ccccc7n(-c7ccccc7)c56)cc4)c4ccccc4-c4ccc5c(c4)C(c4ccccc4)(c4ccccc4)c4ccccc4-5)c23)cc1. The van der Waals surface area contributed by atoms with Gasteiger partial charge in [0, 0.05) is 38.8 Å². The van der Waals surface area contributed by atoms with E-state index in [-0.39, 0.29) is 0 Å². The van der Waals surface area contributed by atoms with Gasteiger partial charge in [-0.15, -0.1) is 0 Å². The van der Waals surface area contributed by atoms with Crippen LogP contribution in [0.25, 0.3) is 93.9 Å². The van der Waals surface area contributed by atoms with E-state index in [2.05, 4.69) is 325 Å². The van der Waals surface area contributed by atoms with E-state index in [0.717, 1.165) is 45.0 Å². The van der Waals surface area contributed by atoms with Gasteiger partial charge in [0.1, 0.15) is 0 Å².